The van der Waals surface area contributed by atoms with Crippen molar-refractivity contribution in [3.8, 4) is 0 Å². The van der Waals surface area contributed by atoms with Gasteiger partial charge in [-0.1, -0.05) is 226 Å². The van der Waals surface area contributed by atoms with Crippen molar-refractivity contribution in [3.63, 3.8) is 0 Å². The smallest absolute Gasteiger partial charge is 0.393 e. The van der Waals surface area contributed by atoms with Gasteiger partial charge >= 0.3 is 7.82 Å². The number of phosphoric ester groups is 1. The number of carbonyl (C=O) groups excluding carboxylic acids is 1. The van der Waals surface area contributed by atoms with E-state index in [1.54, 1.807) is 0 Å². The molecule has 0 spiro atoms. The van der Waals surface area contributed by atoms with Crippen LogP contribution in [0.5, 0.6) is 0 Å². The third-order valence-corrected chi connectivity index (χ3v) is 14.0. The number of hydrogen-bond acceptors (Lipinski definition) is 11. The summed E-state index contributed by atoms with van der Waals surface area (Å²) in [6, 6.07) is -1.15. The molecule has 13 nitrogen and oxygen atoms in total. The summed E-state index contributed by atoms with van der Waals surface area (Å²) < 4.78 is 23.0. The molecule has 1 fully saturated rings. The summed E-state index contributed by atoms with van der Waals surface area (Å²) in [5.41, 5.74) is 0. The van der Waals surface area contributed by atoms with E-state index in [-0.39, 0.29) is 12.8 Å². The number of unbranched alkanes of at least 4 members (excludes halogenated alkanes) is 31. The Labute approximate surface area is 383 Å². The SMILES string of the molecule is CCCCCCCCCCCCCCCCCCCCC(O)C(COP(=O)(O)OC1C(O)C(O)C(O)C(O)C1O)NC(=O)CC(O)CCCCCCCCCCCCCCCCC. The molecular formula is C49H98NO12P. The molecule has 0 saturated heterocycles. The molecular weight excluding hydrogens is 826 g/mol. The Bertz CT molecular complexity index is 1090. The summed E-state index contributed by atoms with van der Waals surface area (Å²) in [4.78, 5) is 23.5. The molecule has 0 heterocycles. The molecule has 1 aliphatic carbocycles. The van der Waals surface area contributed by atoms with Crippen molar-refractivity contribution in [2.75, 3.05) is 6.61 Å². The highest BCUT2D eigenvalue weighted by Gasteiger charge is 2.51. The molecule has 0 aromatic carbocycles. The summed E-state index contributed by atoms with van der Waals surface area (Å²) >= 11 is 0. The lowest BCUT2D eigenvalue weighted by atomic mass is 9.85. The standard InChI is InChI=1S/C49H98NO12P/c1-3-5-7-9-11-13-15-17-19-20-21-23-25-27-29-31-33-35-37-42(52)41(39-61-63(59,60)62-49-47(57)45(55)44(54)46(56)48(49)58)50-43(53)38-40(51)36-34-32-30-28-26-24-22-18-16-14-12-10-8-6-4-2/h40-42,44-49,51-52,54-58H,3-39H2,1-2H3,(H,50,53)(H,59,60). The normalized spacial score (nSPS) is 22.8. The lowest BCUT2D eigenvalue weighted by Gasteiger charge is -2.41. The first-order valence-corrected chi connectivity index (χ1v) is 27.6. The Balaban J connectivity index is 2.45. The Hall–Kier alpha value is -0.700. The van der Waals surface area contributed by atoms with E-state index in [2.05, 4.69) is 19.2 Å². The maximum Gasteiger partial charge on any atom is 0.472 e. The summed E-state index contributed by atoms with van der Waals surface area (Å²) in [5.74, 6) is -0.555. The second kappa shape index (κ2) is 39.3. The van der Waals surface area contributed by atoms with E-state index in [4.69, 9.17) is 9.05 Å². The molecule has 1 aliphatic rings. The number of amides is 1. The second-order valence-corrected chi connectivity index (χ2v) is 20.3. The highest BCUT2D eigenvalue weighted by atomic mass is 31.2. The van der Waals surface area contributed by atoms with Crippen molar-refractivity contribution in [2.24, 2.45) is 0 Å². The van der Waals surface area contributed by atoms with E-state index in [0.29, 0.717) is 12.8 Å². The Morgan fingerprint density at radius 3 is 1.14 bits per heavy atom. The average molecular weight is 924 g/mol. The number of phosphoric acid groups is 1. The minimum atomic E-state index is -5.12. The molecule has 0 bridgehead atoms. The molecule has 8 atom stereocenters. The van der Waals surface area contributed by atoms with E-state index in [1.807, 2.05) is 0 Å². The Kier molecular flexibility index (Phi) is 37.6. The largest absolute Gasteiger partial charge is 0.472 e. The van der Waals surface area contributed by atoms with Gasteiger partial charge in [-0.2, -0.15) is 0 Å². The van der Waals surface area contributed by atoms with Crippen LogP contribution in [0.4, 0.5) is 0 Å². The third-order valence-electron chi connectivity index (χ3n) is 13.0. The van der Waals surface area contributed by atoms with Crippen LogP contribution in [0.3, 0.4) is 0 Å². The molecule has 1 saturated carbocycles. The molecule has 376 valence electrons. The first-order chi connectivity index (χ1) is 30.3. The molecule has 0 aliphatic heterocycles. The summed E-state index contributed by atoms with van der Waals surface area (Å²) in [6.45, 7) is 3.82. The van der Waals surface area contributed by atoms with Gasteiger partial charge in [-0.05, 0) is 12.8 Å². The van der Waals surface area contributed by atoms with E-state index < -0.39 is 75.2 Å². The zero-order valence-corrected chi connectivity index (χ0v) is 40.9. The highest BCUT2D eigenvalue weighted by Crippen LogP contribution is 2.47. The fourth-order valence-electron chi connectivity index (χ4n) is 8.72. The van der Waals surface area contributed by atoms with Crippen LogP contribution in [-0.2, 0) is 18.4 Å². The van der Waals surface area contributed by atoms with Gasteiger partial charge in [0, 0.05) is 0 Å². The summed E-state index contributed by atoms with van der Waals surface area (Å²) in [7, 11) is -5.12. The number of nitrogens with one attached hydrogen (secondary N) is 1. The fraction of sp³-hybridized carbons (Fsp3) is 0.980. The van der Waals surface area contributed by atoms with Gasteiger partial charge in [-0.15, -0.1) is 0 Å². The zero-order chi connectivity index (χ0) is 46.6. The minimum Gasteiger partial charge on any atom is -0.393 e. The van der Waals surface area contributed by atoms with Crippen LogP contribution >= 0.6 is 7.82 Å². The van der Waals surface area contributed by atoms with Gasteiger partial charge in [0.2, 0.25) is 5.91 Å². The maximum absolute atomic E-state index is 13.1. The van der Waals surface area contributed by atoms with Crippen molar-refractivity contribution in [2.45, 2.75) is 300 Å². The van der Waals surface area contributed by atoms with Crippen molar-refractivity contribution in [1.82, 2.24) is 5.32 Å². The Morgan fingerprint density at radius 2 is 0.794 bits per heavy atom. The van der Waals surface area contributed by atoms with Crippen LogP contribution in [0.15, 0.2) is 0 Å². The quantitative estimate of drug-likeness (QED) is 0.0206. The third kappa shape index (κ3) is 31.1. The number of hydrogen-bond donors (Lipinski definition) is 9. The Morgan fingerprint density at radius 1 is 0.492 bits per heavy atom. The average Bonchev–Trinajstić information content (AvgIpc) is 3.26. The maximum atomic E-state index is 13.1. The van der Waals surface area contributed by atoms with Crippen molar-refractivity contribution >= 4 is 13.7 Å². The van der Waals surface area contributed by atoms with Crippen molar-refractivity contribution in [3.05, 3.63) is 0 Å². The van der Waals surface area contributed by atoms with Gasteiger partial charge in [0.15, 0.2) is 0 Å². The first kappa shape index (κ1) is 60.3. The van der Waals surface area contributed by atoms with Crippen LogP contribution in [0.2, 0.25) is 0 Å². The van der Waals surface area contributed by atoms with Gasteiger partial charge in [0.05, 0.1) is 31.3 Å². The molecule has 14 heteroatoms. The van der Waals surface area contributed by atoms with Crippen molar-refractivity contribution < 1.29 is 59.0 Å². The molecule has 1 rings (SSSR count). The molecule has 9 N–H and O–H groups in total. The second-order valence-electron chi connectivity index (χ2n) is 18.9. The molecule has 8 unspecified atom stereocenters. The molecule has 0 radical (unpaired) electrons. The van der Waals surface area contributed by atoms with Crippen LogP contribution in [-0.4, -0.2) is 108 Å². The predicted molar refractivity (Wildman–Crippen MR) is 252 cm³/mol. The van der Waals surface area contributed by atoms with Crippen molar-refractivity contribution in [1.29, 1.82) is 0 Å². The monoisotopic (exact) mass is 924 g/mol. The van der Waals surface area contributed by atoms with Crippen LogP contribution in [0, 0.1) is 0 Å². The lowest BCUT2D eigenvalue weighted by Crippen LogP contribution is -2.64. The minimum absolute atomic E-state index is 0.215. The van der Waals surface area contributed by atoms with Gasteiger partial charge in [-0.3, -0.25) is 13.8 Å². The summed E-state index contributed by atoms with van der Waals surface area (Å²) in [5, 5.41) is 74.8. The van der Waals surface area contributed by atoms with Gasteiger partial charge in [-0.25, -0.2) is 4.57 Å². The van der Waals surface area contributed by atoms with Gasteiger partial charge in [0.25, 0.3) is 0 Å². The summed E-state index contributed by atoms with van der Waals surface area (Å²) in [6.07, 6.45) is 27.1. The van der Waals surface area contributed by atoms with E-state index in [1.165, 1.54) is 154 Å². The number of carbonyl (C=O) groups is 1. The lowest BCUT2D eigenvalue weighted by molar-refractivity contribution is -0.220. The molecule has 0 aromatic heterocycles. The molecule has 0 aromatic rings. The number of aliphatic hydroxyl groups is 7. The van der Waals surface area contributed by atoms with Crippen LogP contribution < -0.4 is 5.32 Å². The van der Waals surface area contributed by atoms with Gasteiger partial charge < -0.3 is 46.0 Å². The number of rotatable bonds is 44. The van der Waals surface area contributed by atoms with E-state index >= 15 is 0 Å². The highest BCUT2D eigenvalue weighted by molar-refractivity contribution is 7.47. The molecule has 63 heavy (non-hydrogen) atoms. The number of aliphatic hydroxyl groups excluding tert-OH is 7. The van der Waals surface area contributed by atoms with Gasteiger partial charge in [0.1, 0.15) is 36.6 Å². The fourth-order valence-corrected chi connectivity index (χ4v) is 9.69. The van der Waals surface area contributed by atoms with Crippen LogP contribution in [0.1, 0.15) is 245 Å². The predicted octanol–water partition coefficient (Wildman–Crippen LogP) is 9.60. The topological polar surface area (TPSA) is 226 Å². The first-order valence-electron chi connectivity index (χ1n) is 26.1. The van der Waals surface area contributed by atoms with Crippen LogP contribution in [0.25, 0.3) is 0 Å². The van der Waals surface area contributed by atoms with E-state index in [9.17, 15) is 50.0 Å². The van der Waals surface area contributed by atoms with E-state index in [0.717, 1.165) is 51.4 Å². The zero-order valence-electron chi connectivity index (χ0n) is 40.0. The molecule has 1 amide bonds.